The number of rotatable bonds is 9. The topological polar surface area (TPSA) is 46.1 Å². The molecule has 0 aliphatic carbocycles. The number of nitrogens with zero attached hydrogens (tertiary/aromatic N) is 2. The van der Waals surface area contributed by atoms with Crippen LogP contribution in [0.4, 0.5) is 0 Å². The fourth-order valence-electron chi connectivity index (χ4n) is 3.11. The predicted octanol–water partition coefficient (Wildman–Crippen LogP) is 3.20. The highest BCUT2D eigenvalue weighted by Crippen LogP contribution is 2.17. The zero-order valence-electron chi connectivity index (χ0n) is 16.8. The lowest BCUT2D eigenvalue weighted by Crippen LogP contribution is -2.41. The summed E-state index contributed by atoms with van der Waals surface area (Å²) in [6.07, 6.45) is 2.15. The summed E-state index contributed by atoms with van der Waals surface area (Å²) >= 11 is 0. The molecule has 26 heavy (non-hydrogen) atoms. The standard InChI is InChI=1S/C21H35N3O2/c1-5-25-16-19-11-13-24(14-19)21(22-4)23-12-10-18-6-8-20(9-7-18)26-15-17(2)3/h6-9,17,19H,5,10-16H2,1-4H3,(H,22,23). The lowest BCUT2D eigenvalue weighted by molar-refractivity contribution is 0.114. The summed E-state index contributed by atoms with van der Waals surface area (Å²) in [5, 5.41) is 3.50. The molecule has 146 valence electrons. The van der Waals surface area contributed by atoms with Crippen molar-refractivity contribution in [1.29, 1.82) is 0 Å². The van der Waals surface area contributed by atoms with Crippen LogP contribution in [-0.2, 0) is 11.2 Å². The van der Waals surface area contributed by atoms with Gasteiger partial charge in [-0.2, -0.15) is 0 Å². The summed E-state index contributed by atoms with van der Waals surface area (Å²) in [5.41, 5.74) is 1.31. The van der Waals surface area contributed by atoms with Gasteiger partial charge in [-0.1, -0.05) is 26.0 Å². The molecule has 0 spiro atoms. The summed E-state index contributed by atoms with van der Waals surface area (Å²) < 4.78 is 11.3. The molecule has 5 heteroatoms. The van der Waals surface area contributed by atoms with E-state index in [1.54, 1.807) is 0 Å². The third-order valence-corrected chi connectivity index (χ3v) is 4.56. The zero-order valence-corrected chi connectivity index (χ0v) is 16.8. The lowest BCUT2D eigenvalue weighted by Gasteiger charge is -2.21. The molecule has 1 aliphatic heterocycles. The molecule has 0 radical (unpaired) electrons. The van der Waals surface area contributed by atoms with Crippen LogP contribution in [0.1, 0.15) is 32.8 Å². The van der Waals surface area contributed by atoms with E-state index in [-0.39, 0.29) is 0 Å². The van der Waals surface area contributed by atoms with Gasteiger partial charge in [0.05, 0.1) is 13.2 Å². The third kappa shape index (κ3) is 6.87. The SMILES string of the molecule is CCOCC1CCN(C(=NC)NCCc2ccc(OCC(C)C)cc2)C1. The molecule has 1 fully saturated rings. The predicted molar refractivity (Wildman–Crippen MR) is 108 cm³/mol. The lowest BCUT2D eigenvalue weighted by atomic mass is 10.1. The number of hydrogen-bond acceptors (Lipinski definition) is 3. The summed E-state index contributed by atoms with van der Waals surface area (Å²) in [5.74, 6) is 3.11. The highest BCUT2D eigenvalue weighted by Gasteiger charge is 2.24. The molecular formula is C21H35N3O2. The van der Waals surface area contributed by atoms with Crippen LogP contribution in [0.5, 0.6) is 5.75 Å². The van der Waals surface area contributed by atoms with Crippen LogP contribution in [0.3, 0.4) is 0 Å². The molecule has 0 bridgehead atoms. The van der Waals surface area contributed by atoms with Gasteiger partial charge in [-0.15, -0.1) is 0 Å². The van der Waals surface area contributed by atoms with Crippen LogP contribution in [0.2, 0.25) is 0 Å². The summed E-state index contributed by atoms with van der Waals surface area (Å²) in [4.78, 5) is 6.78. The molecule has 1 N–H and O–H groups in total. The Hall–Kier alpha value is -1.75. The summed E-state index contributed by atoms with van der Waals surface area (Å²) in [6.45, 7) is 11.7. The van der Waals surface area contributed by atoms with Crippen LogP contribution in [0.15, 0.2) is 29.3 Å². The maximum atomic E-state index is 5.74. The summed E-state index contributed by atoms with van der Waals surface area (Å²) in [6, 6.07) is 8.42. The van der Waals surface area contributed by atoms with E-state index in [1.165, 1.54) is 12.0 Å². The van der Waals surface area contributed by atoms with Crippen molar-refractivity contribution in [3.8, 4) is 5.75 Å². The highest BCUT2D eigenvalue weighted by atomic mass is 16.5. The first-order valence-corrected chi connectivity index (χ1v) is 9.87. The molecule has 1 atom stereocenters. The number of benzene rings is 1. The van der Waals surface area contributed by atoms with E-state index in [1.807, 2.05) is 7.05 Å². The number of ether oxygens (including phenoxy) is 2. The number of nitrogens with one attached hydrogen (secondary N) is 1. The van der Waals surface area contributed by atoms with Crippen molar-refractivity contribution in [1.82, 2.24) is 10.2 Å². The number of aliphatic imine (C=N–C) groups is 1. The van der Waals surface area contributed by atoms with Gasteiger partial charge >= 0.3 is 0 Å². The van der Waals surface area contributed by atoms with Crippen molar-refractivity contribution >= 4 is 5.96 Å². The van der Waals surface area contributed by atoms with Gasteiger partial charge in [-0.3, -0.25) is 4.99 Å². The largest absolute Gasteiger partial charge is 0.493 e. The Morgan fingerprint density at radius 2 is 2.08 bits per heavy atom. The molecule has 1 heterocycles. The van der Waals surface area contributed by atoms with E-state index in [4.69, 9.17) is 9.47 Å². The molecule has 2 rings (SSSR count). The average Bonchev–Trinajstić information content (AvgIpc) is 3.11. The van der Waals surface area contributed by atoms with Crippen molar-refractivity contribution in [3.63, 3.8) is 0 Å². The first kappa shape index (κ1) is 20.6. The second-order valence-corrected chi connectivity index (χ2v) is 7.33. The van der Waals surface area contributed by atoms with Crippen molar-refractivity contribution < 1.29 is 9.47 Å². The Morgan fingerprint density at radius 3 is 2.73 bits per heavy atom. The Kier molecular flexibility index (Phi) is 8.75. The van der Waals surface area contributed by atoms with E-state index in [0.29, 0.717) is 11.8 Å². The minimum absolute atomic E-state index is 0.546. The molecule has 1 aromatic rings. The monoisotopic (exact) mass is 361 g/mol. The summed E-state index contributed by atoms with van der Waals surface area (Å²) in [7, 11) is 1.86. The molecular weight excluding hydrogens is 326 g/mol. The van der Waals surface area contributed by atoms with Gasteiger partial charge in [0, 0.05) is 39.2 Å². The second kappa shape index (κ2) is 11.1. The second-order valence-electron chi connectivity index (χ2n) is 7.33. The van der Waals surface area contributed by atoms with Gasteiger partial charge in [0.15, 0.2) is 5.96 Å². The maximum Gasteiger partial charge on any atom is 0.193 e. The fraction of sp³-hybridized carbons (Fsp3) is 0.667. The van der Waals surface area contributed by atoms with Crippen molar-refractivity contribution in [3.05, 3.63) is 29.8 Å². The van der Waals surface area contributed by atoms with Gasteiger partial charge in [-0.25, -0.2) is 0 Å². The Bertz CT molecular complexity index is 543. The van der Waals surface area contributed by atoms with Crippen LogP contribution in [0.25, 0.3) is 0 Å². The Balaban J connectivity index is 1.72. The van der Waals surface area contributed by atoms with Gasteiger partial charge in [0.25, 0.3) is 0 Å². The van der Waals surface area contributed by atoms with Gasteiger partial charge in [0.1, 0.15) is 5.75 Å². The van der Waals surface area contributed by atoms with Gasteiger partial charge < -0.3 is 19.7 Å². The normalized spacial score (nSPS) is 17.8. The minimum Gasteiger partial charge on any atom is -0.493 e. The number of guanidine groups is 1. The molecule has 0 amide bonds. The van der Waals surface area contributed by atoms with Crippen molar-refractivity contribution in [2.24, 2.45) is 16.8 Å². The average molecular weight is 362 g/mol. The number of likely N-dealkylation sites (tertiary alicyclic amines) is 1. The minimum atomic E-state index is 0.546. The first-order valence-electron chi connectivity index (χ1n) is 9.87. The van der Waals surface area contributed by atoms with Crippen molar-refractivity contribution in [2.45, 2.75) is 33.6 Å². The zero-order chi connectivity index (χ0) is 18.8. The smallest absolute Gasteiger partial charge is 0.193 e. The first-order chi connectivity index (χ1) is 12.6. The van der Waals surface area contributed by atoms with E-state index in [9.17, 15) is 0 Å². The van der Waals surface area contributed by atoms with E-state index >= 15 is 0 Å². The maximum absolute atomic E-state index is 5.74. The molecule has 1 unspecified atom stereocenters. The van der Waals surface area contributed by atoms with Crippen LogP contribution in [0, 0.1) is 11.8 Å². The number of hydrogen-bond donors (Lipinski definition) is 1. The van der Waals surface area contributed by atoms with E-state index in [0.717, 1.165) is 57.6 Å². The van der Waals surface area contributed by atoms with Crippen LogP contribution in [-0.4, -0.2) is 57.4 Å². The molecule has 5 nitrogen and oxygen atoms in total. The molecule has 1 aromatic carbocycles. The van der Waals surface area contributed by atoms with Crippen LogP contribution < -0.4 is 10.1 Å². The molecule has 0 aromatic heterocycles. The molecule has 0 saturated carbocycles. The Labute approximate surface area is 158 Å². The molecule has 1 saturated heterocycles. The van der Waals surface area contributed by atoms with Crippen molar-refractivity contribution in [2.75, 3.05) is 46.5 Å². The highest BCUT2D eigenvalue weighted by molar-refractivity contribution is 5.80. The van der Waals surface area contributed by atoms with Gasteiger partial charge in [0.2, 0.25) is 0 Å². The van der Waals surface area contributed by atoms with E-state index in [2.05, 4.69) is 60.2 Å². The third-order valence-electron chi connectivity index (χ3n) is 4.56. The Morgan fingerprint density at radius 1 is 1.31 bits per heavy atom. The van der Waals surface area contributed by atoms with Gasteiger partial charge in [-0.05, 0) is 43.4 Å². The van der Waals surface area contributed by atoms with Crippen LogP contribution >= 0.6 is 0 Å². The quantitative estimate of drug-likeness (QED) is 0.542. The fourth-order valence-corrected chi connectivity index (χ4v) is 3.11. The molecule has 1 aliphatic rings. The van der Waals surface area contributed by atoms with E-state index < -0.39 is 0 Å².